The fourth-order valence-corrected chi connectivity index (χ4v) is 4.11. The highest BCUT2D eigenvalue weighted by Gasteiger charge is 2.45. The highest BCUT2D eigenvalue weighted by molar-refractivity contribution is 5.72. The van der Waals surface area contributed by atoms with Crippen LogP contribution in [0.5, 0.6) is 5.75 Å². The van der Waals surface area contributed by atoms with Crippen LogP contribution in [0.4, 0.5) is 0 Å². The monoisotopic (exact) mass is 382 g/mol. The molecule has 0 unspecified atom stereocenters. The van der Waals surface area contributed by atoms with E-state index < -0.39 is 11.9 Å². The summed E-state index contributed by atoms with van der Waals surface area (Å²) in [6.45, 7) is 6.81. The number of carbonyl (C=O) groups is 1. The molecule has 0 saturated carbocycles. The number of rotatable bonds is 7. The largest absolute Gasteiger partial charge is 0.496 e. The van der Waals surface area contributed by atoms with E-state index in [1.807, 2.05) is 43.3 Å². The fraction of sp³-hybridized carbons (Fsp3) is 0.435. The van der Waals surface area contributed by atoms with Crippen molar-refractivity contribution in [3.63, 3.8) is 0 Å². The fourth-order valence-electron chi connectivity index (χ4n) is 4.11. The molecule has 0 spiro atoms. The van der Waals surface area contributed by atoms with E-state index in [-0.39, 0.29) is 18.1 Å². The molecule has 5 nitrogen and oxygen atoms in total. The molecule has 150 valence electrons. The molecular weight excluding hydrogens is 352 g/mol. The molecular formula is C23H30N2O3. The summed E-state index contributed by atoms with van der Waals surface area (Å²) in [5.41, 5.74) is 3.38. The predicted octanol–water partition coefficient (Wildman–Crippen LogP) is 3.71. The number of ether oxygens (including phenoxy) is 1. The van der Waals surface area contributed by atoms with Gasteiger partial charge in [-0.3, -0.25) is 4.79 Å². The minimum absolute atomic E-state index is 0.0587. The highest BCUT2D eigenvalue weighted by Crippen LogP contribution is 2.33. The van der Waals surface area contributed by atoms with Gasteiger partial charge in [-0.15, -0.1) is 0 Å². The molecule has 0 aliphatic carbocycles. The minimum Gasteiger partial charge on any atom is -0.496 e. The number of benzene rings is 2. The van der Waals surface area contributed by atoms with Crippen LogP contribution < -0.4 is 15.4 Å². The molecule has 4 atom stereocenters. The number of hydrogen-bond acceptors (Lipinski definition) is 4. The summed E-state index contributed by atoms with van der Waals surface area (Å²) in [5, 5.41) is 16.8. The first-order chi connectivity index (χ1) is 13.4. The molecule has 1 fully saturated rings. The maximum Gasteiger partial charge on any atom is 0.309 e. The van der Waals surface area contributed by atoms with Crippen LogP contribution >= 0.6 is 0 Å². The van der Waals surface area contributed by atoms with Gasteiger partial charge in [-0.1, -0.05) is 56.3 Å². The molecule has 3 rings (SSSR count). The van der Waals surface area contributed by atoms with Gasteiger partial charge in [0.25, 0.3) is 0 Å². The summed E-state index contributed by atoms with van der Waals surface area (Å²) in [6, 6.07) is 15.9. The Morgan fingerprint density at radius 1 is 1.21 bits per heavy atom. The third-order valence-electron chi connectivity index (χ3n) is 5.67. The topological polar surface area (TPSA) is 70.6 Å². The molecule has 2 aromatic rings. The van der Waals surface area contributed by atoms with Crippen LogP contribution in [0, 0.1) is 5.92 Å². The molecule has 0 bridgehead atoms. The first kappa shape index (κ1) is 20.4. The van der Waals surface area contributed by atoms with Gasteiger partial charge >= 0.3 is 5.97 Å². The zero-order valence-electron chi connectivity index (χ0n) is 17.0. The van der Waals surface area contributed by atoms with Gasteiger partial charge in [-0.25, -0.2) is 0 Å². The van der Waals surface area contributed by atoms with E-state index in [0.717, 1.165) is 16.9 Å². The second kappa shape index (κ2) is 8.76. The van der Waals surface area contributed by atoms with Crippen molar-refractivity contribution in [2.24, 2.45) is 5.92 Å². The lowest BCUT2D eigenvalue weighted by Crippen LogP contribution is -2.41. The van der Waals surface area contributed by atoms with Gasteiger partial charge < -0.3 is 20.5 Å². The van der Waals surface area contributed by atoms with E-state index in [0.29, 0.717) is 12.5 Å². The molecule has 0 radical (unpaired) electrons. The number of hydrogen-bond donors (Lipinski definition) is 3. The summed E-state index contributed by atoms with van der Waals surface area (Å²) >= 11 is 0. The number of aliphatic carboxylic acids is 1. The van der Waals surface area contributed by atoms with E-state index >= 15 is 0 Å². The average Bonchev–Trinajstić information content (AvgIpc) is 3.03. The Morgan fingerprint density at radius 2 is 1.93 bits per heavy atom. The molecule has 1 aliphatic heterocycles. The third-order valence-corrected chi connectivity index (χ3v) is 5.67. The van der Waals surface area contributed by atoms with Gasteiger partial charge in [0.1, 0.15) is 5.75 Å². The van der Waals surface area contributed by atoms with Crippen LogP contribution in [-0.2, 0) is 11.3 Å². The lowest BCUT2D eigenvalue weighted by atomic mass is 9.91. The zero-order valence-corrected chi connectivity index (χ0v) is 17.0. The number of nitrogens with one attached hydrogen (secondary N) is 2. The molecule has 5 heteroatoms. The van der Waals surface area contributed by atoms with Crippen LogP contribution in [0.15, 0.2) is 48.5 Å². The first-order valence-electron chi connectivity index (χ1n) is 9.86. The molecule has 1 saturated heterocycles. The van der Waals surface area contributed by atoms with Crippen molar-refractivity contribution < 1.29 is 14.6 Å². The second-order valence-corrected chi connectivity index (χ2v) is 7.84. The van der Waals surface area contributed by atoms with Crippen molar-refractivity contribution in [3.8, 4) is 5.75 Å². The van der Waals surface area contributed by atoms with E-state index in [4.69, 9.17) is 4.74 Å². The van der Waals surface area contributed by atoms with Gasteiger partial charge in [0.15, 0.2) is 0 Å². The van der Waals surface area contributed by atoms with Crippen LogP contribution in [0.25, 0.3) is 0 Å². The van der Waals surface area contributed by atoms with Gasteiger partial charge in [-0.2, -0.15) is 0 Å². The molecule has 1 heterocycles. The maximum atomic E-state index is 12.0. The third kappa shape index (κ3) is 4.21. The molecule has 28 heavy (non-hydrogen) atoms. The van der Waals surface area contributed by atoms with Crippen molar-refractivity contribution in [3.05, 3.63) is 65.2 Å². The summed E-state index contributed by atoms with van der Waals surface area (Å²) in [7, 11) is 1.67. The molecule has 3 N–H and O–H groups in total. The number of carboxylic acid groups (broad SMARTS) is 1. The Morgan fingerprint density at radius 3 is 2.54 bits per heavy atom. The zero-order chi connectivity index (χ0) is 20.3. The highest BCUT2D eigenvalue weighted by atomic mass is 16.5. The van der Waals surface area contributed by atoms with Crippen LogP contribution in [-0.4, -0.2) is 30.3 Å². The summed E-state index contributed by atoms with van der Waals surface area (Å²) in [4.78, 5) is 12.0. The van der Waals surface area contributed by atoms with Crippen molar-refractivity contribution in [1.82, 2.24) is 10.6 Å². The van der Waals surface area contributed by atoms with Gasteiger partial charge in [0.2, 0.25) is 0 Å². The Bertz CT molecular complexity index is 807. The van der Waals surface area contributed by atoms with Crippen molar-refractivity contribution in [1.29, 1.82) is 0 Å². The van der Waals surface area contributed by atoms with Crippen molar-refractivity contribution in [2.45, 2.75) is 51.4 Å². The Balaban J connectivity index is 1.87. The second-order valence-electron chi connectivity index (χ2n) is 7.84. The molecule has 1 aliphatic rings. The quantitative estimate of drug-likeness (QED) is 0.681. The van der Waals surface area contributed by atoms with Gasteiger partial charge in [-0.05, 0) is 30.0 Å². The minimum atomic E-state index is -0.779. The average molecular weight is 383 g/mol. The van der Waals surface area contributed by atoms with E-state index in [2.05, 4.69) is 36.6 Å². The van der Waals surface area contributed by atoms with E-state index in [1.54, 1.807) is 7.11 Å². The molecule has 0 amide bonds. The number of carboxylic acids is 1. The Hall–Kier alpha value is -2.37. The molecule has 2 aromatic carbocycles. The van der Waals surface area contributed by atoms with Crippen LogP contribution in [0.3, 0.4) is 0 Å². The molecule has 0 aromatic heterocycles. The van der Waals surface area contributed by atoms with E-state index in [9.17, 15) is 9.90 Å². The van der Waals surface area contributed by atoms with Crippen LogP contribution in [0.1, 0.15) is 49.4 Å². The normalized spacial score (nSPS) is 24.5. The summed E-state index contributed by atoms with van der Waals surface area (Å²) < 4.78 is 5.53. The SMILES string of the molecule is COc1ccc(C(C)C)cc1CN[C@H]1[C@H](C(=O)O)[C@@H](C)N[C@H]1c1ccccc1. The Labute approximate surface area is 167 Å². The van der Waals surface area contributed by atoms with Crippen molar-refractivity contribution in [2.75, 3.05) is 7.11 Å². The van der Waals surface area contributed by atoms with Gasteiger partial charge in [0.05, 0.1) is 13.0 Å². The lowest BCUT2D eigenvalue weighted by molar-refractivity contribution is -0.142. The summed E-state index contributed by atoms with van der Waals surface area (Å²) in [5.74, 6) is -0.0518. The smallest absolute Gasteiger partial charge is 0.309 e. The Kier molecular flexibility index (Phi) is 6.37. The van der Waals surface area contributed by atoms with Crippen LogP contribution in [0.2, 0.25) is 0 Å². The van der Waals surface area contributed by atoms with Crippen molar-refractivity contribution >= 4 is 5.97 Å². The first-order valence-corrected chi connectivity index (χ1v) is 9.86. The summed E-state index contributed by atoms with van der Waals surface area (Å²) in [6.07, 6.45) is 0. The predicted molar refractivity (Wildman–Crippen MR) is 111 cm³/mol. The maximum absolute atomic E-state index is 12.0. The van der Waals surface area contributed by atoms with E-state index in [1.165, 1.54) is 5.56 Å². The van der Waals surface area contributed by atoms with Gasteiger partial charge in [0, 0.05) is 30.2 Å². The number of methoxy groups -OCH3 is 1. The standard InChI is InChI=1S/C23H30N2O3/c1-14(2)17-10-11-19(28-4)18(12-17)13-24-22-20(23(26)27)15(3)25-21(22)16-8-6-5-7-9-16/h5-12,14-15,20-22,24-25H,13H2,1-4H3,(H,26,27)/t15-,20-,21+,22+/m1/s1. The lowest BCUT2D eigenvalue weighted by Gasteiger charge is -2.25.